The van der Waals surface area contributed by atoms with Crippen molar-refractivity contribution in [3.8, 4) is 0 Å². The molecule has 9 nitrogen and oxygen atoms in total. The fraction of sp³-hybridized carbons (Fsp3) is 0.538. The summed E-state index contributed by atoms with van der Waals surface area (Å²) in [4.78, 5) is 25.7. The van der Waals surface area contributed by atoms with Gasteiger partial charge in [0.05, 0.1) is 30.4 Å². The number of halogens is 1. The first kappa shape index (κ1) is 15.9. The van der Waals surface area contributed by atoms with Crippen LogP contribution in [0.15, 0.2) is 22.0 Å². The van der Waals surface area contributed by atoms with E-state index in [1.165, 1.54) is 10.8 Å². The monoisotopic (exact) mass is 341 g/mol. The van der Waals surface area contributed by atoms with Gasteiger partial charge in [0.15, 0.2) is 0 Å². The van der Waals surface area contributed by atoms with Crippen molar-refractivity contribution < 1.29 is 9.84 Å². The van der Waals surface area contributed by atoms with Crippen LogP contribution in [0.1, 0.15) is 29.9 Å². The Kier molecular flexibility index (Phi) is 4.33. The number of alkyl halides is 1. The molecule has 10 heteroatoms. The predicted molar refractivity (Wildman–Crippen MR) is 80.3 cm³/mol. The molecule has 23 heavy (non-hydrogen) atoms. The Balaban J connectivity index is 1.91. The van der Waals surface area contributed by atoms with Crippen molar-refractivity contribution in [3.05, 3.63) is 44.5 Å². The maximum Gasteiger partial charge on any atom is 0.330 e. The van der Waals surface area contributed by atoms with Crippen LogP contribution in [0.5, 0.6) is 0 Å². The minimum Gasteiger partial charge on any atom is -0.394 e. The van der Waals surface area contributed by atoms with Crippen LogP contribution in [0.4, 0.5) is 0 Å². The van der Waals surface area contributed by atoms with Crippen molar-refractivity contribution in [2.75, 3.05) is 6.61 Å². The fourth-order valence-corrected chi connectivity index (χ4v) is 2.79. The quantitative estimate of drug-likeness (QED) is 0.737. The summed E-state index contributed by atoms with van der Waals surface area (Å²) in [6.45, 7) is 1.38. The number of nitrogens with one attached hydrogen (secondary N) is 1. The van der Waals surface area contributed by atoms with Gasteiger partial charge in [-0.3, -0.25) is 14.3 Å². The van der Waals surface area contributed by atoms with E-state index in [2.05, 4.69) is 15.3 Å². The number of nitrogens with zero attached hydrogens (tertiary/aromatic N) is 4. The van der Waals surface area contributed by atoms with Gasteiger partial charge in [-0.2, -0.15) is 0 Å². The molecule has 2 aromatic rings. The molecular weight excluding hydrogens is 326 g/mol. The van der Waals surface area contributed by atoms with E-state index >= 15 is 0 Å². The highest BCUT2D eigenvalue weighted by Gasteiger charge is 2.38. The van der Waals surface area contributed by atoms with Crippen molar-refractivity contribution in [2.24, 2.45) is 0 Å². The van der Waals surface area contributed by atoms with E-state index in [1.54, 1.807) is 17.8 Å². The SMILES string of the molecule is Cc1cn([C@H]2C[C@H](n3cc(CCl)nn3)[C@@H](CO)O2)c(=O)[nH]c1=O. The largest absolute Gasteiger partial charge is 0.394 e. The van der Waals surface area contributed by atoms with Crippen molar-refractivity contribution in [1.82, 2.24) is 24.5 Å². The van der Waals surface area contributed by atoms with Gasteiger partial charge in [-0.15, -0.1) is 16.7 Å². The van der Waals surface area contributed by atoms with Gasteiger partial charge in [-0.1, -0.05) is 5.21 Å². The van der Waals surface area contributed by atoms with Gasteiger partial charge in [0.2, 0.25) is 0 Å². The second kappa shape index (κ2) is 6.26. The molecule has 0 unspecified atom stereocenters. The fourth-order valence-electron chi connectivity index (χ4n) is 2.67. The second-order valence-corrected chi connectivity index (χ2v) is 5.68. The molecule has 0 aliphatic carbocycles. The van der Waals surface area contributed by atoms with Crippen molar-refractivity contribution in [2.45, 2.75) is 37.6 Å². The highest BCUT2D eigenvalue weighted by Crippen LogP contribution is 2.35. The van der Waals surface area contributed by atoms with Crippen LogP contribution in [0.3, 0.4) is 0 Å². The van der Waals surface area contributed by atoms with E-state index < -0.39 is 23.6 Å². The van der Waals surface area contributed by atoms with E-state index in [1.807, 2.05) is 0 Å². The number of aliphatic hydroxyl groups is 1. The van der Waals surface area contributed by atoms with Gasteiger partial charge in [0.25, 0.3) is 5.56 Å². The summed E-state index contributed by atoms with van der Waals surface area (Å²) < 4.78 is 8.66. The minimum absolute atomic E-state index is 0.228. The summed E-state index contributed by atoms with van der Waals surface area (Å²) in [6, 6.07) is -0.284. The molecule has 0 radical (unpaired) electrons. The average molecular weight is 342 g/mol. The van der Waals surface area contributed by atoms with Crippen LogP contribution >= 0.6 is 11.6 Å². The van der Waals surface area contributed by atoms with Crippen LogP contribution in [-0.2, 0) is 10.6 Å². The lowest BCUT2D eigenvalue weighted by molar-refractivity contribution is -0.0323. The third-order valence-electron chi connectivity index (χ3n) is 3.87. The first-order valence-corrected chi connectivity index (χ1v) is 7.62. The lowest BCUT2D eigenvalue weighted by Gasteiger charge is -2.15. The van der Waals surface area contributed by atoms with Gasteiger partial charge >= 0.3 is 5.69 Å². The molecule has 1 fully saturated rings. The molecule has 0 aromatic carbocycles. The Morgan fingerprint density at radius 1 is 1.48 bits per heavy atom. The predicted octanol–water partition coefficient (Wildman–Crippen LogP) is -0.304. The summed E-state index contributed by atoms with van der Waals surface area (Å²) in [7, 11) is 0. The first-order chi connectivity index (χ1) is 11.0. The van der Waals surface area contributed by atoms with Crippen LogP contribution in [0, 0.1) is 6.92 Å². The summed E-state index contributed by atoms with van der Waals surface area (Å²) in [5, 5.41) is 17.4. The lowest BCUT2D eigenvalue weighted by atomic mass is 10.1. The van der Waals surface area contributed by atoms with E-state index in [4.69, 9.17) is 16.3 Å². The van der Waals surface area contributed by atoms with E-state index in [0.717, 1.165) is 0 Å². The van der Waals surface area contributed by atoms with Gasteiger partial charge < -0.3 is 9.84 Å². The van der Waals surface area contributed by atoms with Gasteiger partial charge in [0.1, 0.15) is 12.3 Å². The number of aromatic amines is 1. The highest BCUT2D eigenvalue weighted by atomic mass is 35.5. The number of hydrogen-bond donors (Lipinski definition) is 2. The zero-order chi connectivity index (χ0) is 16.6. The summed E-state index contributed by atoms with van der Waals surface area (Å²) >= 11 is 5.72. The van der Waals surface area contributed by atoms with Gasteiger partial charge in [-0.05, 0) is 6.92 Å². The Hall–Kier alpha value is -1.97. The molecule has 3 atom stereocenters. The Morgan fingerprint density at radius 3 is 2.91 bits per heavy atom. The average Bonchev–Trinajstić information content (AvgIpc) is 3.16. The molecule has 0 amide bonds. The van der Waals surface area contributed by atoms with E-state index in [0.29, 0.717) is 17.7 Å². The molecule has 0 bridgehead atoms. The lowest BCUT2D eigenvalue weighted by Crippen LogP contribution is -2.33. The molecule has 0 spiro atoms. The molecule has 0 saturated carbocycles. The Labute approximate surface area is 135 Å². The first-order valence-electron chi connectivity index (χ1n) is 7.08. The maximum atomic E-state index is 12.0. The van der Waals surface area contributed by atoms with Crippen LogP contribution in [-0.4, -0.2) is 42.4 Å². The molecule has 3 rings (SSSR count). The third-order valence-corrected chi connectivity index (χ3v) is 4.15. The topological polar surface area (TPSA) is 115 Å². The number of hydrogen-bond acceptors (Lipinski definition) is 6. The van der Waals surface area contributed by atoms with Crippen molar-refractivity contribution in [3.63, 3.8) is 0 Å². The molecule has 1 aliphatic rings. The van der Waals surface area contributed by atoms with Gasteiger partial charge in [-0.25, -0.2) is 9.48 Å². The molecule has 1 aliphatic heterocycles. The Bertz CT molecular complexity index is 813. The highest BCUT2D eigenvalue weighted by molar-refractivity contribution is 6.16. The molecule has 124 valence electrons. The summed E-state index contributed by atoms with van der Waals surface area (Å²) in [5.74, 6) is 0.235. The number of H-pyrrole nitrogens is 1. The molecular formula is C13H16ClN5O4. The molecule has 3 heterocycles. The van der Waals surface area contributed by atoms with Crippen molar-refractivity contribution in [1.29, 1.82) is 0 Å². The Morgan fingerprint density at radius 2 is 2.26 bits per heavy atom. The smallest absolute Gasteiger partial charge is 0.330 e. The van der Waals surface area contributed by atoms with Crippen molar-refractivity contribution >= 4 is 11.6 Å². The van der Waals surface area contributed by atoms with Crippen LogP contribution in [0.2, 0.25) is 0 Å². The standard InChI is InChI=1S/C13H16ClN5O4/c1-7-4-18(13(22)15-12(7)21)11-2-9(10(6-20)23-11)19-5-8(3-14)16-17-19/h4-5,9-11,20H,2-3,6H2,1H3,(H,15,21,22)/t9-,10+,11+/m0/s1. The maximum absolute atomic E-state index is 12.0. The third kappa shape index (κ3) is 2.94. The minimum atomic E-state index is -0.608. The number of aromatic nitrogens is 5. The number of ether oxygens (including phenoxy) is 1. The number of rotatable bonds is 4. The molecule has 1 saturated heterocycles. The van der Waals surface area contributed by atoms with E-state index in [9.17, 15) is 14.7 Å². The second-order valence-electron chi connectivity index (χ2n) is 5.42. The van der Waals surface area contributed by atoms with Crippen LogP contribution < -0.4 is 11.2 Å². The van der Waals surface area contributed by atoms with E-state index in [-0.39, 0.29) is 18.5 Å². The number of aryl methyl sites for hydroxylation is 1. The zero-order valence-corrected chi connectivity index (χ0v) is 13.1. The zero-order valence-electron chi connectivity index (χ0n) is 12.3. The molecule has 2 N–H and O–H groups in total. The number of aliphatic hydroxyl groups excluding tert-OH is 1. The molecule has 2 aromatic heterocycles. The summed E-state index contributed by atoms with van der Waals surface area (Å²) in [5.41, 5.74) is 0.0387. The van der Waals surface area contributed by atoms with Gasteiger partial charge in [0, 0.05) is 18.2 Å². The summed E-state index contributed by atoms with van der Waals surface area (Å²) in [6.07, 6.45) is 2.40. The van der Waals surface area contributed by atoms with Crippen LogP contribution in [0.25, 0.3) is 0 Å². The normalized spacial score (nSPS) is 24.2.